The molecule has 0 bridgehead atoms. The van der Waals surface area contributed by atoms with Crippen molar-refractivity contribution in [3.63, 3.8) is 0 Å². The molecule has 1 saturated heterocycles. The Kier molecular flexibility index (Phi) is 6.40. The molecule has 126 valence electrons. The van der Waals surface area contributed by atoms with Crippen molar-refractivity contribution in [2.75, 3.05) is 26.9 Å². The minimum Gasteiger partial charge on any atom is -0.497 e. The molecule has 1 heterocycles. The highest BCUT2D eigenvalue weighted by atomic mass is 16.5. The van der Waals surface area contributed by atoms with Crippen LogP contribution in [0.3, 0.4) is 0 Å². The Morgan fingerprint density at radius 3 is 2.74 bits per heavy atom. The fourth-order valence-electron chi connectivity index (χ4n) is 2.73. The molecule has 6 nitrogen and oxygen atoms in total. The van der Waals surface area contributed by atoms with E-state index in [1.807, 2.05) is 24.3 Å². The van der Waals surface area contributed by atoms with Gasteiger partial charge in [-0.1, -0.05) is 12.1 Å². The maximum absolute atomic E-state index is 12.3. The van der Waals surface area contributed by atoms with Crippen molar-refractivity contribution in [1.29, 1.82) is 0 Å². The van der Waals surface area contributed by atoms with E-state index < -0.39 is 5.97 Å². The third-order valence-corrected chi connectivity index (χ3v) is 3.97. The van der Waals surface area contributed by atoms with Crippen molar-refractivity contribution < 1.29 is 24.2 Å². The quantitative estimate of drug-likeness (QED) is 0.827. The highest BCUT2D eigenvalue weighted by Gasteiger charge is 2.28. The smallest absolute Gasteiger partial charge is 0.305 e. The second kappa shape index (κ2) is 8.53. The summed E-state index contributed by atoms with van der Waals surface area (Å²) in [4.78, 5) is 24.9. The van der Waals surface area contributed by atoms with Gasteiger partial charge in [-0.05, 0) is 30.5 Å². The van der Waals surface area contributed by atoms with Gasteiger partial charge < -0.3 is 19.5 Å². The number of carboxylic acid groups (broad SMARTS) is 1. The van der Waals surface area contributed by atoms with Crippen LogP contribution in [0.5, 0.6) is 5.75 Å². The summed E-state index contributed by atoms with van der Waals surface area (Å²) >= 11 is 0. The molecule has 0 spiro atoms. The summed E-state index contributed by atoms with van der Waals surface area (Å²) in [6.07, 6.45) is 1.90. The Morgan fingerprint density at radius 2 is 2.09 bits per heavy atom. The number of rotatable bonds is 7. The molecule has 1 N–H and O–H groups in total. The van der Waals surface area contributed by atoms with E-state index in [2.05, 4.69) is 0 Å². The number of nitrogens with zero attached hydrogens (tertiary/aromatic N) is 1. The maximum atomic E-state index is 12.3. The first-order valence-corrected chi connectivity index (χ1v) is 7.82. The number of amides is 1. The Bertz CT molecular complexity index is 528. The molecular weight excluding hydrogens is 298 g/mol. The van der Waals surface area contributed by atoms with E-state index in [-0.39, 0.29) is 18.4 Å². The average Bonchev–Trinajstić information content (AvgIpc) is 2.55. The molecule has 1 fully saturated rings. The van der Waals surface area contributed by atoms with Crippen LogP contribution in [0.25, 0.3) is 0 Å². The van der Waals surface area contributed by atoms with Crippen LogP contribution in [0, 0.1) is 0 Å². The molecule has 1 aliphatic heterocycles. The molecule has 1 aromatic rings. The molecule has 6 heteroatoms. The number of carbonyl (C=O) groups is 2. The standard InChI is InChI=1S/C17H23NO5/c1-22-15-7-5-13(6-8-15)3-2-4-16(19)18-9-10-23-12-14(18)11-17(20)21/h5-8,14H,2-4,9-12H2,1H3,(H,20,21). The summed E-state index contributed by atoms with van der Waals surface area (Å²) in [5.74, 6) is -0.0840. The van der Waals surface area contributed by atoms with Crippen LogP contribution >= 0.6 is 0 Å². The Balaban J connectivity index is 1.81. The van der Waals surface area contributed by atoms with Crippen molar-refractivity contribution >= 4 is 11.9 Å². The maximum Gasteiger partial charge on any atom is 0.305 e. The number of morpholine rings is 1. The normalized spacial score (nSPS) is 17.8. The molecule has 1 unspecified atom stereocenters. The van der Waals surface area contributed by atoms with Gasteiger partial charge in [0.05, 0.1) is 32.8 Å². The summed E-state index contributed by atoms with van der Waals surface area (Å²) in [5.41, 5.74) is 1.16. The zero-order chi connectivity index (χ0) is 16.7. The summed E-state index contributed by atoms with van der Waals surface area (Å²) in [7, 11) is 1.63. The summed E-state index contributed by atoms with van der Waals surface area (Å²) in [5, 5.41) is 8.93. The monoisotopic (exact) mass is 321 g/mol. The van der Waals surface area contributed by atoms with Gasteiger partial charge in [0.1, 0.15) is 5.75 Å². The number of aliphatic carboxylic acids is 1. The third kappa shape index (κ3) is 5.25. The van der Waals surface area contributed by atoms with Crippen molar-refractivity contribution in [1.82, 2.24) is 4.90 Å². The molecule has 1 aromatic carbocycles. The van der Waals surface area contributed by atoms with Gasteiger partial charge in [-0.25, -0.2) is 0 Å². The first-order valence-electron chi connectivity index (χ1n) is 7.82. The highest BCUT2D eigenvalue weighted by Crippen LogP contribution is 2.16. The number of aryl methyl sites for hydroxylation is 1. The molecular formula is C17H23NO5. The lowest BCUT2D eigenvalue weighted by molar-refractivity contribution is -0.146. The summed E-state index contributed by atoms with van der Waals surface area (Å²) in [6.45, 7) is 1.25. The number of hydrogen-bond acceptors (Lipinski definition) is 4. The van der Waals surface area contributed by atoms with Crippen LogP contribution < -0.4 is 4.74 Å². The van der Waals surface area contributed by atoms with Crippen molar-refractivity contribution in [3.05, 3.63) is 29.8 Å². The van der Waals surface area contributed by atoms with Gasteiger partial charge in [0.2, 0.25) is 5.91 Å². The lowest BCUT2D eigenvalue weighted by Gasteiger charge is -2.35. The van der Waals surface area contributed by atoms with Gasteiger partial charge in [0, 0.05) is 13.0 Å². The van der Waals surface area contributed by atoms with Crippen LogP contribution in [-0.4, -0.2) is 54.8 Å². The van der Waals surface area contributed by atoms with Crippen LogP contribution in [0.2, 0.25) is 0 Å². The second-order valence-electron chi connectivity index (χ2n) is 5.62. The zero-order valence-corrected chi connectivity index (χ0v) is 13.4. The molecule has 0 aliphatic carbocycles. The fraction of sp³-hybridized carbons (Fsp3) is 0.529. The number of carboxylic acids is 1. The van der Waals surface area contributed by atoms with Crippen LogP contribution in [0.15, 0.2) is 24.3 Å². The van der Waals surface area contributed by atoms with E-state index in [1.54, 1.807) is 12.0 Å². The fourth-order valence-corrected chi connectivity index (χ4v) is 2.73. The lowest BCUT2D eigenvalue weighted by Crippen LogP contribution is -2.49. The molecule has 1 amide bonds. The molecule has 1 atom stereocenters. The van der Waals surface area contributed by atoms with Crippen molar-refractivity contribution in [2.45, 2.75) is 31.7 Å². The van der Waals surface area contributed by atoms with E-state index in [1.165, 1.54) is 0 Å². The minimum absolute atomic E-state index is 0.00746. The van der Waals surface area contributed by atoms with Crippen molar-refractivity contribution in [2.24, 2.45) is 0 Å². The molecule has 23 heavy (non-hydrogen) atoms. The van der Waals surface area contributed by atoms with Gasteiger partial charge >= 0.3 is 5.97 Å². The van der Waals surface area contributed by atoms with Gasteiger partial charge in [0.25, 0.3) is 0 Å². The van der Waals surface area contributed by atoms with E-state index in [9.17, 15) is 9.59 Å². The Hall–Kier alpha value is -2.08. The largest absolute Gasteiger partial charge is 0.497 e. The van der Waals surface area contributed by atoms with E-state index in [0.29, 0.717) is 26.2 Å². The van der Waals surface area contributed by atoms with Crippen LogP contribution in [0.1, 0.15) is 24.8 Å². The predicted molar refractivity (Wildman–Crippen MR) is 84.5 cm³/mol. The first-order chi connectivity index (χ1) is 11.1. The van der Waals surface area contributed by atoms with E-state index >= 15 is 0 Å². The highest BCUT2D eigenvalue weighted by molar-refractivity contribution is 5.77. The van der Waals surface area contributed by atoms with Gasteiger partial charge in [0.15, 0.2) is 0 Å². The first kappa shape index (κ1) is 17.3. The molecule has 0 radical (unpaired) electrons. The lowest BCUT2D eigenvalue weighted by atomic mass is 10.1. The molecule has 0 aromatic heterocycles. The predicted octanol–water partition coefficient (Wildman–Crippen LogP) is 1.72. The SMILES string of the molecule is COc1ccc(CCCC(=O)N2CCOCC2CC(=O)O)cc1. The van der Waals surface area contributed by atoms with Gasteiger partial charge in [-0.2, -0.15) is 0 Å². The Labute approximate surface area is 136 Å². The number of carbonyl (C=O) groups excluding carboxylic acids is 1. The number of methoxy groups -OCH3 is 1. The topological polar surface area (TPSA) is 76.1 Å². The third-order valence-electron chi connectivity index (χ3n) is 3.97. The van der Waals surface area contributed by atoms with Gasteiger partial charge in [-0.3, -0.25) is 9.59 Å². The van der Waals surface area contributed by atoms with E-state index in [4.69, 9.17) is 14.6 Å². The van der Waals surface area contributed by atoms with Crippen LogP contribution in [0.4, 0.5) is 0 Å². The summed E-state index contributed by atoms with van der Waals surface area (Å²) < 4.78 is 10.4. The molecule has 2 rings (SSSR count). The number of hydrogen-bond donors (Lipinski definition) is 1. The second-order valence-corrected chi connectivity index (χ2v) is 5.62. The van der Waals surface area contributed by atoms with Crippen LogP contribution in [-0.2, 0) is 20.7 Å². The van der Waals surface area contributed by atoms with E-state index in [0.717, 1.165) is 24.2 Å². The Morgan fingerprint density at radius 1 is 1.35 bits per heavy atom. The van der Waals surface area contributed by atoms with Gasteiger partial charge in [-0.15, -0.1) is 0 Å². The number of benzene rings is 1. The summed E-state index contributed by atoms with van der Waals surface area (Å²) in [6, 6.07) is 7.44. The van der Waals surface area contributed by atoms with Crippen molar-refractivity contribution in [3.8, 4) is 5.75 Å². The average molecular weight is 321 g/mol. The molecule has 0 saturated carbocycles. The zero-order valence-electron chi connectivity index (χ0n) is 13.4. The minimum atomic E-state index is -0.906. The number of ether oxygens (including phenoxy) is 2. The molecule has 1 aliphatic rings.